The summed E-state index contributed by atoms with van der Waals surface area (Å²) in [6.45, 7) is -0.305. The number of urea groups is 1. The second-order valence-electron chi connectivity index (χ2n) is 6.10. The van der Waals surface area contributed by atoms with Crippen LogP contribution in [0.1, 0.15) is 32.1 Å². The van der Waals surface area contributed by atoms with Crippen LogP contribution in [-0.4, -0.2) is 24.6 Å². The first-order valence-electron chi connectivity index (χ1n) is 8.37. The van der Waals surface area contributed by atoms with Gasteiger partial charge >= 0.3 is 11.7 Å². The molecule has 0 aliphatic heterocycles. The van der Waals surface area contributed by atoms with E-state index in [4.69, 9.17) is 9.15 Å². The molecule has 7 nitrogen and oxygen atoms in total. The molecule has 1 fully saturated rings. The molecule has 25 heavy (non-hydrogen) atoms. The molecule has 1 heterocycles. The maximum atomic E-state index is 11.8. The molecule has 2 aromatic rings. The molecule has 1 aliphatic rings. The molecule has 2 N–H and O–H groups in total. The maximum Gasteiger partial charge on any atom is 0.336 e. The highest BCUT2D eigenvalue weighted by Gasteiger charge is 2.17. The second kappa shape index (κ2) is 7.83. The van der Waals surface area contributed by atoms with Crippen molar-refractivity contribution in [3.05, 3.63) is 40.8 Å². The predicted octanol–water partition coefficient (Wildman–Crippen LogP) is 2.33. The lowest BCUT2D eigenvalue weighted by atomic mass is 9.96. The van der Waals surface area contributed by atoms with Crippen molar-refractivity contribution < 1.29 is 18.7 Å². The smallest absolute Gasteiger partial charge is 0.336 e. The first-order chi connectivity index (χ1) is 12.1. The second-order valence-corrected chi connectivity index (χ2v) is 6.10. The van der Waals surface area contributed by atoms with Crippen LogP contribution in [0.15, 0.2) is 39.5 Å². The number of benzene rings is 1. The van der Waals surface area contributed by atoms with Crippen LogP contribution in [-0.2, 0) is 4.79 Å². The van der Waals surface area contributed by atoms with Crippen molar-refractivity contribution in [1.29, 1.82) is 0 Å². The lowest BCUT2D eigenvalue weighted by Crippen LogP contribution is -2.46. The van der Waals surface area contributed by atoms with E-state index >= 15 is 0 Å². The quantitative estimate of drug-likeness (QED) is 0.830. The van der Waals surface area contributed by atoms with E-state index in [1.54, 1.807) is 18.2 Å². The molecule has 0 saturated heterocycles. The number of hydrogen-bond donors (Lipinski definition) is 2. The monoisotopic (exact) mass is 344 g/mol. The van der Waals surface area contributed by atoms with E-state index < -0.39 is 17.6 Å². The van der Waals surface area contributed by atoms with Gasteiger partial charge in [-0.25, -0.2) is 9.59 Å². The van der Waals surface area contributed by atoms with Crippen molar-refractivity contribution in [2.75, 3.05) is 6.61 Å². The van der Waals surface area contributed by atoms with Crippen molar-refractivity contribution in [1.82, 2.24) is 10.6 Å². The molecule has 1 saturated carbocycles. The predicted molar refractivity (Wildman–Crippen MR) is 91.5 cm³/mol. The lowest BCUT2D eigenvalue weighted by molar-refractivity contribution is -0.122. The van der Waals surface area contributed by atoms with Crippen LogP contribution in [0.3, 0.4) is 0 Å². The zero-order valence-electron chi connectivity index (χ0n) is 13.7. The molecule has 1 aliphatic carbocycles. The summed E-state index contributed by atoms with van der Waals surface area (Å²) in [4.78, 5) is 34.8. The molecule has 3 amide bonds. The number of imide groups is 1. The molecule has 132 valence electrons. The Hall–Kier alpha value is -2.83. The van der Waals surface area contributed by atoms with Crippen molar-refractivity contribution in [3.63, 3.8) is 0 Å². The Morgan fingerprint density at radius 2 is 1.88 bits per heavy atom. The average molecular weight is 344 g/mol. The summed E-state index contributed by atoms with van der Waals surface area (Å²) in [6.07, 6.45) is 5.28. The topological polar surface area (TPSA) is 97.6 Å². The number of nitrogens with one attached hydrogen (secondary N) is 2. The van der Waals surface area contributed by atoms with Crippen LogP contribution in [0.25, 0.3) is 11.0 Å². The van der Waals surface area contributed by atoms with Crippen molar-refractivity contribution in [3.8, 4) is 5.75 Å². The van der Waals surface area contributed by atoms with Gasteiger partial charge in [0.15, 0.2) is 6.61 Å². The largest absolute Gasteiger partial charge is 0.484 e. The van der Waals surface area contributed by atoms with Gasteiger partial charge in [-0.2, -0.15) is 0 Å². The first kappa shape index (κ1) is 17.0. The third kappa shape index (κ3) is 4.82. The van der Waals surface area contributed by atoms with Crippen LogP contribution in [0.5, 0.6) is 5.75 Å². The highest BCUT2D eigenvalue weighted by Crippen LogP contribution is 2.19. The molecule has 7 heteroatoms. The minimum atomic E-state index is -0.539. The summed E-state index contributed by atoms with van der Waals surface area (Å²) in [5.41, 5.74) is -0.0813. The van der Waals surface area contributed by atoms with E-state index in [1.807, 2.05) is 0 Å². The van der Waals surface area contributed by atoms with Crippen LogP contribution < -0.4 is 21.0 Å². The van der Waals surface area contributed by atoms with Crippen molar-refractivity contribution >= 4 is 22.9 Å². The van der Waals surface area contributed by atoms with Gasteiger partial charge in [-0.1, -0.05) is 19.3 Å². The average Bonchev–Trinajstić information content (AvgIpc) is 2.60. The molecule has 1 aromatic carbocycles. The highest BCUT2D eigenvalue weighted by atomic mass is 16.5. The standard InChI is InChI=1S/C18H20N2O5/c21-16(20-18(23)19-13-4-2-1-3-5-13)11-24-14-8-6-12-7-9-17(22)25-15(12)10-14/h6-10,13H,1-5,11H2,(H2,19,20,21,23). The fourth-order valence-electron chi connectivity index (χ4n) is 2.91. The lowest BCUT2D eigenvalue weighted by Gasteiger charge is -2.22. The Kier molecular flexibility index (Phi) is 5.33. The highest BCUT2D eigenvalue weighted by molar-refractivity contribution is 5.95. The zero-order valence-corrected chi connectivity index (χ0v) is 13.7. The molecule has 0 spiro atoms. The van der Waals surface area contributed by atoms with Gasteiger partial charge in [0, 0.05) is 23.6 Å². The Balaban J connectivity index is 1.49. The number of carbonyl (C=O) groups is 2. The number of rotatable bonds is 4. The number of carbonyl (C=O) groups excluding carboxylic acids is 2. The molecular formula is C18H20N2O5. The summed E-state index contributed by atoms with van der Waals surface area (Å²) >= 11 is 0. The Morgan fingerprint density at radius 3 is 2.68 bits per heavy atom. The summed E-state index contributed by atoms with van der Waals surface area (Å²) < 4.78 is 10.4. The van der Waals surface area contributed by atoms with E-state index in [-0.39, 0.29) is 12.6 Å². The van der Waals surface area contributed by atoms with Crippen molar-refractivity contribution in [2.45, 2.75) is 38.1 Å². The van der Waals surface area contributed by atoms with Gasteiger partial charge in [0.2, 0.25) is 0 Å². The zero-order chi connectivity index (χ0) is 17.6. The Bertz CT molecular complexity index is 824. The van der Waals surface area contributed by atoms with Crippen LogP contribution in [0.2, 0.25) is 0 Å². The number of amides is 3. The van der Waals surface area contributed by atoms with E-state index in [1.165, 1.54) is 18.6 Å². The normalized spacial score (nSPS) is 14.9. The fraction of sp³-hybridized carbons (Fsp3) is 0.389. The van der Waals surface area contributed by atoms with E-state index in [0.29, 0.717) is 11.3 Å². The Labute approximate surface area is 144 Å². The third-order valence-corrected chi connectivity index (χ3v) is 4.16. The summed E-state index contributed by atoms with van der Waals surface area (Å²) in [5, 5.41) is 5.81. The van der Waals surface area contributed by atoms with Crippen LogP contribution in [0.4, 0.5) is 4.79 Å². The SMILES string of the molecule is O=C(COc1ccc2ccc(=O)oc2c1)NC(=O)NC1CCCCC1. The van der Waals surface area contributed by atoms with Gasteiger partial charge < -0.3 is 14.5 Å². The van der Waals surface area contributed by atoms with Gasteiger partial charge in [0.1, 0.15) is 11.3 Å². The minimum Gasteiger partial charge on any atom is -0.484 e. The van der Waals surface area contributed by atoms with E-state index in [0.717, 1.165) is 31.1 Å². The van der Waals surface area contributed by atoms with Crippen LogP contribution >= 0.6 is 0 Å². The van der Waals surface area contributed by atoms with Gasteiger partial charge in [0.25, 0.3) is 5.91 Å². The third-order valence-electron chi connectivity index (χ3n) is 4.16. The summed E-state index contributed by atoms with van der Waals surface area (Å²) in [6, 6.07) is 7.54. The number of fused-ring (bicyclic) bond motifs is 1. The number of hydrogen-bond acceptors (Lipinski definition) is 5. The van der Waals surface area contributed by atoms with Gasteiger partial charge in [-0.15, -0.1) is 0 Å². The van der Waals surface area contributed by atoms with E-state index in [9.17, 15) is 14.4 Å². The Morgan fingerprint density at radius 1 is 1.12 bits per heavy atom. The fourth-order valence-corrected chi connectivity index (χ4v) is 2.91. The molecule has 1 aromatic heterocycles. The van der Waals surface area contributed by atoms with Gasteiger partial charge in [0.05, 0.1) is 0 Å². The molecule has 0 radical (unpaired) electrons. The molecule has 3 rings (SSSR count). The summed E-state index contributed by atoms with van der Waals surface area (Å²) in [7, 11) is 0. The van der Waals surface area contributed by atoms with E-state index in [2.05, 4.69) is 10.6 Å². The minimum absolute atomic E-state index is 0.130. The summed E-state index contributed by atoms with van der Waals surface area (Å²) in [5.74, 6) is -0.160. The molecule has 0 bridgehead atoms. The first-order valence-corrected chi connectivity index (χ1v) is 8.37. The van der Waals surface area contributed by atoms with Gasteiger partial charge in [-0.05, 0) is 31.0 Å². The van der Waals surface area contributed by atoms with Crippen LogP contribution in [0, 0.1) is 0 Å². The van der Waals surface area contributed by atoms with Crippen molar-refractivity contribution in [2.24, 2.45) is 0 Å². The molecular weight excluding hydrogens is 324 g/mol. The maximum absolute atomic E-state index is 11.8. The van der Waals surface area contributed by atoms with Gasteiger partial charge in [-0.3, -0.25) is 10.1 Å². The molecule has 0 unspecified atom stereocenters. The number of ether oxygens (including phenoxy) is 1. The molecule has 0 atom stereocenters.